The van der Waals surface area contributed by atoms with Crippen molar-refractivity contribution in [1.29, 1.82) is 0 Å². The molecule has 1 saturated heterocycles. The molecule has 194 valence electrons. The largest absolute Gasteiger partial charge is 0.478 e. The Morgan fingerprint density at radius 2 is 1.83 bits per heavy atom. The van der Waals surface area contributed by atoms with E-state index >= 15 is 0 Å². The second-order valence-corrected chi connectivity index (χ2v) is 9.91. The molecule has 0 saturated carbocycles. The minimum Gasteiger partial charge on any atom is -0.478 e. The van der Waals surface area contributed by atoms with Crippen molar-refractivity contribution in [2.45, 2.75) is 68.4 Å². The molecule has 2 aliphatic heterocycles. The number of thioether (sulfide) groups is 1. The number of rotatable bonds is 4. The van der Waals surface area contributed by atoms with Gasteiger partial charge in [0.2, 0.25) is 6.10 Å². The van der Waals surface area contributed by atoms with E-state index in [2.05, 4.69) is 4.99 Å². The maximum atomic E-state index is 13.9. The number of ether oxygens (including phenoxy) is 3. The Balaban J connectivity index is 1.79. The van der Waals surface area contributed by atoms with E-state index in [1.165, 1.54) is 7.05 Å². The first-order chi connectivity index (χ1) is 16.1. The van der Waals surface area contributed by atoms with Crippen LogP contribution in [0.5, 0.6) is 5.75 Å². The van der Waals surface area contributed by atoms with Crippen molar-refractivity contribution in [3.8, 4) is 5.75 Å². The van der Waals surface area contributed by atoms with Gasteiger partial charge < -0.3 is 24.4 Å². The summed E-state index contributed by atoms with van der Waals surface area (Å²) in [6.07, 6.45) is -14.4. The number of non-ortho nitro benzene ring substituents is 1. The molecule has 2 heterocycles. The van der Waals surface area contributed by atoms with Crippen LogP contribution in [0.15, 0.2) is 29.3 Å². The van der Waals surface area contributed by atoms with Crippen LogP contribution in [0.25, 0.3) is 0 Å². The third-order valence-electron chi connectivity index (χ3n) is 4.97. The van der Waals surface area contributed by atoms with Gasteiger partial charge in [-0.3, -0.25) is 20.0 Å². The minimum atomic E-state index is -5.04. The fourth-order valence-corrected chi connectivity index (χ4v) is 4.48. The normalized spacial score (nSPS) is 27.5. The molecule has 1 aromatic carbocycles. The summed E-state index contributed by atoms with van der Waals surface area (Å²) in [4.78, 5) is 27.5. The van der Waals surface area contributed by atoms with Crippen LogP contribution in [0, 0.1) is 10.1 Å². The van der Waals surface area contributed by atoms with Gasteiger partial charge in [-0.2, -0.15) is 13.2 Å². The van der Waals surface area contributed by atoms with E-state index in [-0.39, 0.29) is 16.6 Å². The summed E-state index contributed by atoms with van der Waals surface area (Å²) in [5.41, 5.74) is -2.33. The van der Waals surface area contributed by atoms with Gasteiger partial charge in [0.1, 0.15) is 41.1 Å². The second kappa shape index (κ2) is 9.79. The lowest BCUT2D eigenvalue weighted by atomic mass is 9.94. The number of nitro groups is 1. The number of halogens is 3. The Bertz CT molecular complexity index is 985. The van der Waals surface area contributed by atoms with Crippen LogP contribution < -0.4 is 4.74 Å². The molecule has 2 aliphatic rings. The first kappa shape index (κ1) is 27.0. The van der Waals surface area contributed by atoms with E-state index in [1.807, 2.05) is 0 Å². The van der Waals surface area contributed by atoms with Crippen LogP contribution in [0.3, 0.4) is 0 Å². The highest BCUT2D eigenvalue weighted by Gasteiger charge is 2.58. The number of benzene rings is 1. The number of nitro benzene ring substituents is 1. The Labute approximate surface area is 202 Å². The second-order valence-electron chi connectivity index (χ2n) is 8.84. The molecule has 6 atom stereocenters. The smallest absolute Gasteiger partial charge is 0.428 e. The highest BCUT2D eigenvalue weighted by atomic mass is 32.2. The highest BCUT2D eigenvalue weighted by Crippen LogP contribution is 2.41. The van der Waals surface area contributed by atoms with Crippen molar-refractivity contribution in [3.63, 3.8) is 0 Å². The maximum absolute atomic E-state index is 13.9. The summed E-state index contributed by atoms with van der Waals surface area (Å²) in [7, 11) is 1.34. The molecule has 1 fully saturated rings. The number of hydrogen-bond acceptors (Lipinski definition) is 10. The van der Waals surface area contributed by atoms with Gasteiger partial charge in [-0.05, 0) is 32.9 Å². The molecule has 0 unspecified atom stereocenters. The monoisotopic (exact) mass is 523 g/mol. The number of carbonyl (C=O) groups excluding carboxylic acids is 1. The van der Waals surface area contributed by atoms with E-state index in [4.69, 9.17) is 14.2 Å². The highest BCUT2D eigenvalue weighted by molar-refractivity contribution is 8.14. The van der Waals surface area contributed by atoms with Crippen LogP contribution in [0.1, 0.15) is 20.8 Å². The van der Waals surface area contributed by atoms with Crippen molar-refractivity contribution in [1.82, 2.24) is 4.90 Å². The molecule has 1 amide bonds. The van der Waals surface area contributed by atoms with Crippen LogP contribution in [-0.2, 0) is 9.47 Å². The molecule has 2 N–H and O–H groups in total. The first-order valence-corrected chi connectivity index (χ1v) is 11.2. The summed E-state index contributed by atoms with van der Waals surface area (Å²) < 4.78 is 57.4. The standard InChI is InChI=1S/C20H24F3N3O8S/c1-19(2,3)34-18(29)25(4)17-24-11-12(27)13(28)14(33-16(11)35-17)15(20(21,22)23)32-10-7-5-9(6-8-10)26(30)31/h5-8,11-16,27-28H,1-4H3/t11-,12-,13+,14+,15-,16-/m1/s1. The Morgan fingerprint density at radius 3 is 2.34 bits per heavy atom. The minimum absolute atomic E-state index is 0.0287. The average molecular weight is 523 g/mol. The van der Waals surface area contributed by atoms with Crippen LogP contribution in [0.4, 0.5) is 23.7 Å². The zero-order chi connectivity index (χ0) is 26.3. The Hall–Kier alpha value is -2.62. The van der Waals surface area contributed by atoms with E-state index in [9.17, 15) is 38.3 Å². The lowest BCUT2D eigenvalue weighted by Gasteiger charge is -2.41. The van der Waals surface area contributed by atoms with Crippen molar-refractivity contribution >= 4 is 28.7 Å². The summed E-state index contributed by atoms with van der Waals surface area (Å²) >= 11 is 0.790. The zero-order valence-corrected chi connectivity index (χ0v) is 19.8. The predicted molar refractivity (Wildman–Crippen MR) is 117 cm³/mol. The van der Waals surface area contributed by atoms with Crippen LogP contribution in [0.2, 0.25) is 0 Å². The molecule has 3 rings (SSSR count). The van der Waals surface area contributed by atoms with Gasteiger partial charge in [0.15, 0.2) is 5.17 Å². The van der Waals surface area contributed by atoms with Crippen molar-refractivity contribution < 1.29 is 47.3 Å². The molecule has 15 heteroatoms. The SMILES string of the molecule is CN(C(=O)OC(C)(C)C)C1=N[C@@H]2[C@@H](O)[C@H](O)[C@@H]([C@@H](Oc3ccc([N+](=O)[O-])cc3)C(F)(F)F)O[C@@H]2S1. The Morgan fingerprint density at radius 1 is 1.23 bits per heavy atom. The van der Waals surface area contributed by atoms with Crippen LogP contribution >= 0.6 is 11.8 Å². The molecular formula is C20H24F3N3O8S. The number of amidine groups is 1. The summed E-state index contributed by atoms with van der Waals surface area (Å²) in [5, 5.41) is 31.8. The number of alkyl halides is 3. The van der Waals surface area contributed by atoms with E-state index in [0.717, 1.165) is 40.9 Å². The third kappa shape index (κ3) is 6.15. The fourth-order valence-electron chi connectivity index (χ4n) is 3.31. The van der Waals surface area contributed by atoms with Gasteiger partial charge in [-0.1, -0.05) is 11.8 Å². The number of amides is 1. The lowest BCUT2D eigenvalue weighted by Crippen LogP contribution is -2.62. The number of aliphatic hydroxyl groups is 2. The van der Waals surface area contributed by atoms with Gasteiger partial charge in [0.05, 0.1) is 4.92 Å². The third-order valence-corrected chi connectivity index (χ3v) is 6.19. The molecule has 0 aliphatic carbocycles. The van der Waals surface area contributed by atoms with Gasteiger partial charge >= 0.3 is 12.3 Å². The molecule has 1 aromatic rings. The Kier molecular flexibility index (Phi) is 7.55. The van der Waals surface area contributed by atoms with Gasteiger partial charge in [0.25, 0.3) is 5.69 Å². The van der Waals surface area contributed by atoms with Crippen LogP contribution in [-0.4, -0.2) is 86.0 Å². The number of aliphatic hydroxyl groups excluding tert-OH is 2. The van der Waals surface area contributed by atoms with E-state index < -0.39 is 58.7 Å². The number of nitrogens with zero attached hydrogens (tertiary/aromatic N) is 3. The molecular weight excluding hydrogens is 499 g/mol. The predicted octanol–water partition coefficient (Wildman–Crippen LogP) is 2.69. The topological polar surface area (TPSA) is 144 Å². The van der Waals surface area contributed by atoms with Crippen molar-refractivity contribution in [2.75, 3.05) is 7.05 Å². The summed E-state index contributed by atoms with van der Waals surface area (Å²) in [5.74, 6) is -0.356. The van der Waals surface area contributed by atoms with E-state index in [1.54, 1.807) is 20.8 Å². The number of hydrogen-bond donors (Lipinski definition) is 2. The lowest BCUT2D eigenvalue weighted by molar-refractivity contribution is -0.384. The summed E-state index contributed by atoms with van der Waals surface area (Å²) in [6, 6.07) is 2.73. The van der Waals surface area contributed by atoms with Gasteiger partial charge in [-0.15, -0.1) is 0 Å². The molecule has 0 radical (unpaired) electrons. The summed E-state index contributed by atoms with van der Waals surface area (Å²) in [6.45, 7) is 4.95. The number of carbonyl (C=O) groups is 1. The molecule has 0 spiro atoms. The molecule has 0 aromatic heterocycles. The molecule has 35 heavy (non-hydrogen) atoms. The average Bonchev–Trinajstić information content (AvgIpc) is 3.17. The van der Waals surface area contributed by atoms with Crippen molar-refractivity contribution in [2.24, 2.45) is 4.99 Å². The molecule has 0 bridgehead atoms. The molecule has 11 nitrogen and oxygen atoms in total. The van der Waals surface area contributed by atoms with Gasteiger partial charge in [-0.25, -0.2) is 4.79 Å². The number of fused-ring (bicyclic) bond motifs is 1. The zero-order valence-electron chi connectivity index (χ0n) is 19.0. The maximum Gasteiger partial charge on any atom is 0.428 e. The number of aliphatic imine (C=N–C) groups is 1. The van der Waals surface area contributed by atoms with Crippen molar-refractivity contribution in [3.05, 3.63) is 34.4 Å². The first-order valence-electron chi connectivity index (χ1n) is 10.3. The van der Waals surface area contributed by atoms with Gasteiger partial charge in [0, 0.05) is 19.2 Å². The van der Waals surface area contributed by atoms with E-state index in [0.29, 0.717) is 0 Å². The quantitative estimate of drug-likeness (QED) is 0.450. The fraction of sp³-hybridized carbons (Fsp3) is 0.600.